The quantitative estimate of drug-likeness (QED) is 0.262. The van der Waals surface area contributed by atoms with Crippen molar-refractivity contribution in [1.82, 2.24) is 9.88 Å². The number of ether oxygens (including phenoxy) is 1. The summed E-state index contributed by atoms with van der Waals surface area (Å²) in [7, 11) is 0. The number of aliphatic hydroxyl groups is 1. The van der Waals surface area contributed by atoms with Crippen molar-refractivity contribution >= 4 is 23.5 Å². The number of carboxylic acids is 1. The van der Waals surface area contributed by atoms with Crippen LogP contribution in [0, 0.1) is 23.3 Å². The summed E-state index contributed by atoms with van der Waals surface area (Å²) >= 11 is 0. The van der Waals surface area contributed by atoms with Crippen LogP contribution in [0.25, 0.3) is 0 Å². The summed E-state index contributed by atoms with van der Waals surface area (Å²) in [4.78, 5) is 48.1. The van der Waals surface area contributed by atoms with Crippen LogP contribution >= 0.6 is 0 Å². The van der Waals surface area contributed by atoms with Gasteiger partial charge in [0.15, 0.2) is 17.4 Å². The van der Waals surface area contributed by atoms with Crippen LogP contribution in [-0.2, 0) is 14.4 Å². The molecule has 0 fully saturated rings. The van der Waals surface area contributed by atoms with Crippen molar-refractivity contribution in [3.8, 4) is 5.75 Å². The first-order valence-corrected chi connectivity index (χ1v) is 10.5. The van der Waals surface area contributed by atoms with E-state index >= 15 is 0 Å². The third kappa shape index (κ3) is 6.81. The second-order valence-corrected chi connectivity index (χ2v) is 7.63. The van der Waals surface area contributed by atoms with Crippen LogP contribution in [0.15, 0.2) is 29.2 Å². The van der Waals surface area contributed by atoms with Crippen LogP contribution in [-0.4, -0.2) is 51.3 Å². The van der Waals surface area contributed by atoms with E-state index in [0.717, 1.165) is 4.57 Å². The lowest BCUT2D eigenvalue weighted by atomic mass is 10.1. The summed E-state index contributed by atoms with van der Waals surface area (Å²) in [5.41, 5.74) is -0.842. The molecule has 2 aromatic rings. The molecule has 1 heterocycles. The average Bonchev–Trinajstić information content (AvgIpc) is 2.79. The summed E-state index contributed by atoms with van der Waals surface area (Å²) in [5.74, 6) is -11.6. The van der Waals surface area contributed by atoms with Crippen molar-refractivity contribution < 1.29 is 46.9 Å². The summed E-state index contributed by atoms with van der Waals surface area (Å²) < 4.78 is 59.9. The Bertz CT molecular complexity index is 1180. The van der Waals surface area contributed by atoms with Gasteiger partial charge in [-0.25, -0.2) is 8.78 Å². The van der Waals surface area contributed by atoms with E-state index in [9.17, 15) is 41.8 Å². The van der Waals surface area contributed by atoms with E-state index in [1.807, 2.05) is 0 Å². The van der Waals surface area contributed by atoms with Crippen LogP contribution < -0.4 is 20.9 Å². The number of pyridine rings is 1. The molecule has 2 amide bonds. The van der Waals surface area contributed by atoms with Crippen molar-refractivity contribution in [2.75, 3.05) is 11.9 Å². The molecule has 1 aromatic heterocycles. The number of hydrogen-bond donors (Lipinski definition) is 4. The molecule has 0 aliphatic carbocycles. The number of aliphatic hydroxyl groups excluding tert-OH is 1. The molecular weight excluding hydrogens is 494 g/mol. The lowest BCUT2D eigenvalue weighted by molar-refractivity contribution is -0.139. The Morgan fingerprint density at radius 2 is 1.75 bits per heavy atom. The molecule has 1 aromatic carbocycles. The maximum absolute atomic E-state index is 13.8. The molecule has 10 nitrogen and oxygen atoms in total. The van der Waals surface area contributed by atoms with Crippen molar-refractivity contribution in [2.45, 2.75) is 44.9 Å². The highest BCUT2D eigenvalue weighted by atomic mass is 19.2. The van der Waals surface area contributed by atoms with Crippen molar-refractivity contribution in [1.29, 1.82) is 0 Å². The van der Waals surface area contributed by atoms with Gasteiger partial charge in [-0.1, -0.05) is 6.92 Å². The molecule has 3 atom stereocenters. The fraction of sp³-hybridized carbons (Fsp3) is 0.364. The molecule has 14 heteroatoms. The second kappa shape index (κ2) is 12.2. The number of carboxylic acid groups (broad SMARTS) is 1. The first-order chi connectivity index (χ1) is 16.9. The fourth-order valence-electron chi connectivity index (χ4n) is 3.26. The van der Waals surface area contributed by atoms with Gasteiger partial charge in [-0.3, -0.25) is 19.2 Å². The Morgan fingerprint density at radius 1 is 1.14 bits per heavy atom. The standard InChI is InChI=1S/C22H23F4N3O7/c1-3-15(29-6-4-5-13(22(29)35)27-10(2)30)21(34)28-14(8-17(32)33)16(31)9-36-20-18(25)11(23)7-12(24)19(20)26/h4-7,14-16,31H,3,8-9H2,1-2H3,(H,27,30)(H,28,34)(H,32,33)/t14-,15?,16+/m0/s1. The summed E-state index contributed by atoms with van der Waals surface area (Å²) in [6.45, 7) is 1.66. The third-order valence-electron chi connectivity index (χ3n) is 4.97. The molecule has 196 valence electrons. The maximum Gasteiger partial charge on any atom is 0.305 e. The van der Waals surface area contributed by atoms with E-state index in [1.165, 1.54) is 32.2 Å². The van der Waals surface area contributed by atoms with Gasteiger partial charge in [-0.15, -0.1) is 0 Å². The van der Waals surface area contributed by atoms with Crippen LogP contribution in [0.4, 0.5) is 23.2 Å². The molecule has 0 saturated carbocycles. The molecule has 0 saturated heterocycles. The summed E-state index contributed by atoms with van der Waals surface area (Å²) in [6, 6.07) is -0.144. The molecule has 0 bridgehead atoms. The number of aromatic nitrogens is 1. The minimum atomic E-state index is -1.91. The van der Waals surface area contributed by atoms with Crippen LogP contribution in [0.3, 0.4) is 0 Å². The van der Waals surface area contributed by atoms with Gasteiger partial charge in [0.2, 0.25) is 23.4 Å². The minimum Gasteiger partial charge on any atom is -0.485 e. The molecule has 4 N–H and O–H groups in total. The number of aliphatic carboxylic acids is 1. The normalized spacial score (nSPS) is 13.4. The highest BCUT2D eigenvalue weighted by molar-refractivity contribution is 5.88. The number of carbonyl (C=O) groups excluding carboxylic acids is 2. The molecule has 36 heavy (non-hydrogen) atoms. The molecular formula is C22H23F4N3O7. The Morgan fingerprint density at radius 3 is 2.28 bits per heavy atom. The Kier molecular flexibility index (Phi) is 9.55. The van der Waals surface area contributed by atoms with Gasteiger partial charge in [0.1, 0.15) is 24.4 Å². The van der Waals surface area contributed by atoms with Crippen molar-refractivity contribution in [2.24, 2.45) is 0 Å². The molecule has 0 aliphatic rings. The fourth-order valence-corrected chi connectivity index (χ4v) is 3.26. The highest BCUT2D eigenvalue weighted by Crippen LogP contribution is 2.26. The van der Waals surface area contributed by atoms with Gasteiger partial charge in [0.25, 0.3) is 5.56 Å². The van der Waals surface area contributed by atoms with E-state index in [4.69, 9.17) is 5.11 Å². The zero-order valence-electron chi connectivity index (χ0n) is 19.1. The predicted octanol–water partition coefficient (Wildman–Crippen LogP) is 1.71. The van der Waals surface area contributed by atoms with Gasteiger partial charge in [0.05, 0.1) is 12.5 Å². The Balaban J connectivity index is 2.25. The monoisotopic (exact) mass is 517 g/mol. The number of carbonyl (C=O) groups is 3. The van der Waals surface area contributed by atoms with Crippen LogP contribution in [0.5, 0.6) is 5.75 Å². The molecule has 0 spiro atoms. The largest absolute Gasteiger partial charge is 0.485 e. The lowest BCUT2D eigenvalue weighted by Gasteiger charge is -2.26. The van der Waals surface area contributed by atoms with E-state index in [0.29, 0.717) is 0 Å². The van der Waals surface area contributed by atoms with Gasteiger partial charge < -0.3 is 30.2 Å². The SMILES string of the molecule is CCC(C(=O)N[C@@H](CC(=O)O)[C@H](O)COc1c(F)c(F)cc(F)c1F)n1cccc(NC(C)=O)c1=O. The first kappa shape index (κ1) is 28.3. The molecule has 0 radical (unpaired) electrons. The average molecular weight is 517 g/mol. The van der Waals surface area contributed by atoms with Gasteiger partial charge in [-0.05, 0) is 18.6 Å². The Hall–Kier alpha value is -3.94. The zero-order chi connectivity index (χ0) is 27.2. The first-order valence-electron chi connectivity index (χ1n) is 10.5. The third-order valence-corrected chi connectivity index (χ3v) is 4.97. The van der Waals surface area contributed by atoms with Crippen molar-refractivity contribution in [3.63, 3.8) is 0 Å². The highest BCUT2D eigenvalue weighted by Gasteiger charge is 2.30. The second-order valence-electron chi connectivity index (χ2n) is 7.63. The van der Waals surface area contributed by atoms with Crippen molar-refractivity contribution in [3.05, 3.63) is 58.0 Å². The zero-order valence-corrected chi connectivity index (χ0v) is 19.1. The van der Waals surface area contributed by atoms with Crippen LogP contribution in [0.2, 0.25) is 0 Å². The molecule has 1 unspecified atom stereocenters. The van der Waals surface area contributed by atoms with E-state index in [1.54, 1.807) is 0 Å². The smallest absolute Gasteiger partial charge is 0.305 e. The predicted molar refractivity (Wildman–Crippen MR) is 116 cm³/mol. The van der Waals surface area contributed by atoms with E-state index < -0.39 is 83.6 Å². The summed E-state index contributed by atoms with van der Waals surface area (Å²) in [6.07, 6.45) is -1.50. The van der Waals surface area contributed by atoms with Crippen LogP contribution in [0.1, 0.15) is 32.7 Å². The maximum atomic E-state index is 13.8. The molecule has 0 aliphatic heterocycles. The molecule has 2 rings (SSSR count). The summed E-state index contributed by atoms with van der Waals surface area (Å²) in [5, 5.41) is 24.1. The minimum absolute atomic E-state index is 0.0284. The van der Waals surface area contributed by atoms with Gasteiger partial charge in [-0.2, -0.15) is 8.78 Å². The number of halogens is 4. The van der Waals surface area contributed by atoms with E-state index in [-0.39, 0.29) is 18.2 Å². The number of anilines is 1. The number of nitrogens with zero attached hydrogens (tertiary/aromatic N) is 1. The number of benzene rings is 1. The van der Waals surface area contributed by atoms with Gasteiger partial charge in [0, 0.05) is 19.2 Å². The number of rotatable bonds is 11. The van der Waals surface area contributed by atoms with Gasteiger partial charge >= 0.3 is 5.97 Å². The number of nitrogens with one attached hydrogen (secondary N) is 2. The number of hydrogen-bond acceptors (Lipinski definition) is 6. The Labute approximate surface area is 201 Å². The van der Waals surface area contributed by atoms with E-state index in [2.05, 4.69) is 15.4 Å². The lowest BCUT2D eigenvalue weighted by Crippen LogP contribution is -2.50. The number of amides is 2. The topological polar surface area (TPSA) is 147 Å².